The van der Waals surface area contributed by atoms with Crippen LogP contribution in [0.5, 0.6) is 5.75 Å². The van der Waals surface area contributed by atoms with Crippen LogP contribution in [0, 0.1) is 11.3 Å². The van der Waals surface area contributed by atoms with Gasteiger partial charge in [-0.15, -0.1) is 11.3 Å². The number of phenols is 1. The van der Waals surface area contributed by atoms with Crippen LogP contribution in [0.3, 0.4) is 0 Å². The molecule has 2 aromatic carbocycles. The number of thiophene rings is 1. The fourth-order valence-corrected chi connectivity index (χ4v) is 4.79. The van der Waals surface area contributed by atoms with Crippen molar-refractivity contribution >= 4 is 23.0 Å². The molecule has 0 radical (unpaired) electrons. The second kappa shape index (κ2) is 8.69. The lowest BCUT2D eigenvalue weighted by atomic mass is 9.98. The molecule has 0 saturated heterocycles. The van der Waals surface area contributed by atoms with Gasteiger partial charge in [0.15, 0.2) is 0 Å². The van der Waals surface area contributed by atoms with Gasteiger partial charge in [0.1, 0.15) is 5.75 Å². The molecule has 0 aliphatic carbocycles. The van der Waals surface area contributed by atoms with Crippen molar-refractivity contribution in [1.82, 2.24) is 9.99 Å². The average molecular weight is 451 g/mol. The van der Waals surface area contributed by atoms with Crippen molar-refractivity contribution in [3.63, 3.8) is 0 Å². The monoisotopic (exact) mass is 450 g/mol. The van der Waals surface area contributed by atoms with E-state index in [2.05, 4.69) is 16.2 Å². The first-order chi connectivity index (χ1) is 16.1. The molecule has 0 saturated carbocycles. The fourth-order valence-electron chi connectivity index (χ4n) is 3.85. The Hall–Kier alpha value is -4.28. The molecule has 6 nitrogen and oxygen atoms in total. The lowest BCUT2D eigenvalue weighted by molar-refractivity contribution is 0.0714. The van der Waals surface area contributed by atoms with E-state index >= 15 is 0 Å². The van der Waals surface area contributed by atoms with E-state index in [1.54, 1.807) is 42.7 Å². The number of phenolic OH excluding ortho intramolecular Hbond substituents is 1. The minimum absolute atomic E-state index is 0.132. The SMILES string of the molecule is N#Cc1ccc(-c2ccc(C(=O)N3N=C(c4cccnc4)CC3c3ccccc3O)s2)cc1. The zero-order valence-corrected chi connectivity index (χ0v) is 18.2. The summed E-state index contributed by atoms with van der Waals surface area (Å²) in [7, 11) is 0. The second-order valence-electron chi connectivity index (χ2n) is 7.57. The van der Waals surface area contributed by atoms with E-state index in [1.165, 1.54) is 16.3 Å². The van der Waals surface area contributed by atoms with Crippen molar-refractivity contribution in [1.29, 1.82) is 5.26 Å². The Balaban J connectivity index is 1.50. The molecule has 0 bridgehead atoms. The highest BCUT2D eigenvalue weighted by Gasteiger charge is 2.35. The van der Waals surface area contributed by atoms with Gasteiger partial charge in [0, 0.05) is 34.8 Å². The highest BCUT2D eigenvalue weighted by Crippen LogP contribution is 2.39. The first-order valence-corrected chi connectivity index (χ1v) is 11.2. The number of aromatic hydroxyl groups is 1. The van der Waals surface area contributed by atoms with Crippen LogP contribution in [0.15, 0.2) is 90.3 Å². The van der Waals surface area contributed by atoms with E-state index in [-0.39, 0.29) is 11.7 Å². The van der Waals surface area contributed by atoms with Gasteiger partial charge in [-0.2, -0.15) is 10.4 Å². The summed E-state index contributed by atoms with van der Waals surface area (Å²) in [5, 5.41) is 25.6. The number of carbonyl (C=O) groups excluding carboxylic acids is 1. The van der Waals surface area contributed by atoms with Gasteiger partial charge in [-0.25, -0.2) is 5.01 Å². The number of benzene rings is 2. The molecule has 4 aromatic rings. The van der Waals surface area contributed by atoms with Crippen LogP contribution in [-0.4, -0.2) is 26.7 Å². The van der Waals surface area contributed by atoms with Crippen LogP contribution >= 0.6 is 11.3 Å². The van der Waals surface area contributed by atoms with Crippen LogP contribution in [0.2, 0.25) is 0 Å². The Bertz CT molecular complexity index is 1390. The zero-order chi connectivity index (χ0) is 22.8. The number of hydrazone groups is 1. The first-order valence-electron chi connectivity index (χ1n) is 10.3. The first kappa shape index (κ1) is 20.6. The van der Waals surface area contributed by atoms with E-state index in [0.29, 0.717) is 22.4 Å². The Morgan fingerprint density at radius 2 is 1.85 bits per heavy atom. The third-order valence-electron chi connectivity index (χ3n) is 5.52. The highest BCUT2D eigenvalue weighted by molar-refractivity contribution is 7.17. The second-order valence-corrected chi connectivity index (χ2v) is 8.65. The van der Waals surface area contributed by atoms with Crippen LogP contribution in [0.1, 0.15) is 38.8 Å². The molecule has 7 heteroatoms. The number of hydrogen-bond donors (Lipinski definition) is 1. The van der Waals surface area contributed by atoms with Crippen molar-refractivity contribution in [2.45, 2.75) is 12.5 Å². The number of pyridine rings is 1. The van der Waals surface area contributed by atoms with Gasteiger partial charge in [0.2, 0.25) is 0 Å². The molecular weight excluding hydrogens is 432 g/mol. The van der Waals surface area contributed by atoms with Gasteiger partial charge in [0.25, 0.3) is 5.91 Å². The van der Waals surface area contributed by atoms with Gasteiger partial charge in [-0.3, -0.25) is 9.78 Å². The predicted molar refractivity (Wildman–Crippen MR) is 127 cm³/mol. The van der Waals surface area contributed by atoms with E-state index in [9.17, 15) is 9.90 Å². The Morgan fingerprint density at radius 1 is 1.03 bits per heavy atom. The lowest BCUT2D eigenvalue weighted by Crippen LogP contribution is -2.26. The van der Waals surface area contributed by atoms with Gasteiger partial charge in [-0.1, -0.05) is 36.4 Å². The molecule has 1 aliphatic heterocycles. The summed E-state index contributed by atoms with van der Waals surface area (Å²) in [6.07, 6.45) is 3.89. The van der Waals surface area contributed by atoms with E-state index in [4.69, 9.17) is 5.26 Å². The van der Waals surface area contributed by atoms with Crippen molar-refractivity contribution < 1.29 is 9.90 Å². The zero-order valence-electron chi connectivity index (χ0n) is 17.4. The number of hydrogen-bond acceptors (Lipinski definition) is 6. The maximum atomic E-state index is 13.6. The highest BCUT2D eigenvalue weighted by atomic mass is 32.1. The molecule has 1 unspecified atom stereocenters. The summed E-state index contributed by atoms with van der Waals surface area (Å²) in [4.78, 5) is 19.2. The molecule has 2 aromatic heterocycles. The average Bonchev–Trinajstić information content (AvgIpc) is 3.53. The van der Waals surface area contributed by atoms with Gasteiger partial charge >= 0.3 is 0 Å². The number of aromatic nitrogens is 1. The topological polar surface area (TPSA) is 89.6 Å². The quantitative estimate of drug-likeness (QED) is 0.452. The molecular formula is C26H18N4O2S. The number of amides is 1. The predicted octanol–water partition coefficient (Wildman–Crippen LogP) is 5.38. The summed E-state index contributed by atoms with van der Waals surface area (Å²) in [5.74, 6) is -0.0978. The third kappa shape index (κ3) is 4.00. The Kier molecular flexibility index (Phi) is 5.43. The fraction of sp³-hybridized carbons (Fsp3) is 0.0769. The van der Waals surface area contributed by atoms with Crippen LogP contribution in [-0.2, 0) is 0 Å². The van der Waals surface area contributed by atoms with Crippen LogP contribution in [0.25, 0.3) is 10.4 Å². The minimum Gasteiger partial charge on any atom is -0.508 e. The summed E-state index contributed by atoms with van der Waals surface area (Å²) >= 11 is 1.37. The van der Waals surface area contributed by atoms with Crippen molar-refractivity contribution in [2.75, 3.05) is 0 Å². The summed E-state index contributed by atoms with van der Waals surface area (Å²) in [6.45, 7) is 0. The van der Waals surface area contributed by atoms with Crippen LogP contribution in [0.4, 0.5) is 0 Å². The van der Waals surface area contributed by atoms with Gasteiger partial charge in [0.05, 0.1) is 28.3 Å². The number of rotatable bonds is 4. The number of nitriles is 1. The van der Waals surface area contributed by atoms with Crippen molar-refractivity contribution in [3.8, 4) is 22.3 Å². The summed E-state index contributed by atoms with van der Waals surface area (Å²) in [6, 6.07) is 23.4. The van der Waals surface area contributed by atoms with Crippen LogP contribution < -0.4 is 0 Å². The van der Waals surface area contributed by atoms with Crippen molar-refractivity contribution in [2.24, 2.45) is 5.10 Å². The number of nitrogens with zero attached hydrogens (tertiary/aromatic N) is 4. The van der Waals surface area contributed by atoms with Gasteiger partial charge in [-0.05, 0) is 42.0 Å². The number of carbonyl (C=O) groups is 1. The molecule has 1 amide bonds. The van der Waals surface area contributed by atoms with Crippen molar-refractivity contribution in [3.05, 3.63) is 107 Å². The van der Waals surface area contributed by atoms with E-state index < -0.39 is 6.04 Å². The maximum absolute atomic E-state index is 13.6. The Labute approximate surface area is 194 Å². The molecule has 33 heavy (non-hydrogen) atoms. The summed E-state index contributed by atoms with van der Waals surface area (Å²) < 4.78 is 0. The number of para-hydroxylation sites is 1. The lowest BCUT2D eigenvalue weighted by Gasteiger charge is -2.22. The molecule has 160 valence electrons. The van der Waals surface area contributed by atoms with E-state index in [0.717, 1.165) is 21.7 Å². The molecule has 1 N–H and O–H groups in total. The summed E-state index contributed by atoms with van der Waals surface area (Å²) in [5.41, 5.74) is 3.77. The molecule has 5 rings (SSSR count). The third-order valence-corrected chi connectivity index (χ3v) is 6.65. The Morgan fingerprint density at radius 3 is 2.58 bits per heavy atom. The molecule has 1 aliphatic rings. The molecule has 0 spiro atoms. The van der Waals surface area contributed by atoms with E-state index in [1.807, 2.05) is 42.5 Å². The smallest absolute Gasteiger partial charge is 0.284 e. The standard InChI is InChI=1S/C26H18N4O2S/c27-15-17-7-9-18(10-8-17)24-11-12-25(33-24)26(32)30-22(20-5-1-2-6-23(20)31)14-21(29-30)19-4-3-13-28-16-19/h1-13,16,22,31H,14H2. The minimum atomic E-state index is -0.422. The molecule has 1 atom stereocenters. The maximum Gasteiger partial charge on any atom is 0.284 e. The normalized spacial score (nSPS) is 15.2. The van der Waals surface area contributed by atoms with Gasteiger partial charge < -0.3 is 5.11 Å². The largest absolute Gasteiger partial charge is 0.508 e. The molecule has 3 heterocycles. The molecule has 0 fully saturated rings.